The minimum Gasteiger partial charge on any atom is -0.489 e. The molecule has 1 fully saturated rings. The summed E-state index contributed by atoms with van der Waals surface area (Å²) in [6.07, 6.45) is 0. The van der Waals surface area contributed by atoms with Gasteiger partial charge >= 0.3 is 0 Å². The standard InChI is InChI=1S/C26H24N4O3S2/c31-24(19-7-4-8-21(15-19)33-17-18-5-2-1-3-6-18)28-25(34)29-26-27-22-10-9-20(16-23(22)35-26)30-11-13-32-14-12-30/h1-10,15-16H,11-14,17H2,(H2,27,28,29,31,34). The average molecular weight is 505 g/mol. The lowest BCUT2D eigenvalue weighted by Crippen LogP contribution is -2.36. The van der Waals surface area contributed by atoms with Crippen molar-refractivity contribution in [2.75, 3.05) is 36.5 Å². The second-order valence-corrected chi connectivity index (χ2v) is 9.42. The number of rotatable bonds is 6. The molecule has 0 saturated carbocycles. The smallest absolute Gasteiger partial charge is 0.257 e. The molecule has 2 heterocycles. The number of carbonyl (C=O) groups excluding carboxylic acids is 1. The number of hydrogen-bond acceptors (Lipinski definition) is 7. The Morgan fingerprint density at radius 3 is 2.71 bits per heavy atom. The van der Waals surface area contributed by atoms with Gasteiger partial charge in [-0.15, -0.1) is 0 Å². The molecule has 0 spiro atoms. The van der Waals surface area contributed by atoms with Gasteiger partial charge in [0.25, 0.3) is 5.91 Å². The Labute approximate surface area is 212 Å². The molecule has 7 nitrogen and oxygen atoms in total. The van der Waals surface area contributed by atoms with Crippen LogP contribution in [0.4, 0.5) is 10.8 Å². The number of nitrogens with one attached hydrogen (secondary N) is 2. The monoisotopic (exact) mass is 504 g/mol. The topological polar surface area (TPSA) is 75.7 Å². The van der Waals surface area contributed by atoms with E-state index in [2.05, 4.69) is 32.7 Å². The number of aromatic nitrogens is 1. The molecular weight excluding hydrogens is 480 g/mol. The van der Waals surface area contributed by atoms with Gasteiger partial charge in [0.05, 0.1) is 23.4 Å². The first-order valence-electron chi connectivity index (χ1n) is 11.3. The largest absolute Gasteiger partial charge is 0.489 e. The molecule has 0 radical (unpaired) electrons. The SMILES string of the molecule is O=C(NC(=S)Nc1nc2ccc(N3CCOCC3)cc2s1)c1cccc(OCc2ccccc2)c1. The zero-order valence-corrected chi connectivity index (χ0v) is 20.5. The quantitative estimate of drug-likeness (QED) is 0.364. The Morgan fingerprint density at radius 2 is 1.89 bits per heavy atom. The van der Waals surface area contributed by atoms with E-state index < -0.39 is 0 Å². The van der Waals surface area contributed by atoms with Crippen molar-refractivity contribution < 1.29 is 14.3 Å². The van der Waals surface area contributed by atoms with Crippen molar-refractivity contribution in [3.05, 3.63) is 83.9 Å². The van der Waals surface area contributed by atoms with E-state index >= 15 is 0 Å². The molecule has 1 aliphatic heterocycles. The maximum Gasteiger partial charge on any atom is 0.257 e. The minimum atomic E-state index is -0.316. The number of benzene rings is 3. The van der Waals surface area contributed by atoms with E-state index in [9.17, 15) is 4.79 Å². The molecular formula is C26H24N4O3S2. The molecule has 5 rings (SSSR count). The van der Waals surface area contributed by atoms with Crippen LogP contribution in [0.2, 0.25) is 0 Å². The predicted molar refractivity (Wildman–Crippen MR) is 144 cm³/mol. The van der Waals surface area contributed by atoms with Crippen molar-refractivity contribution in [2.24, 2.45) is 0 Å². The molecule has 1 saturated heterocycles. The van der Waals surface area contributed by atoms with E-state index in [1.54, 1.807) is 18.2 Å². The molecule has 1 amide bonds. The predicted octanol–water partition coefficient (Wildman–Crippen LogP) is 4.84. The molecule has 0 unspecified atom stereocenters. The van der Waals surface area contributed by atoms with Crippen LogP contribution in [-0.4, -0.2) is 42.3 Å². The summed E-state index contributed by atoms with van der Waals surface area (Å²) in [5.74, 6) is 0.297. The van der Waals surface area contributed by atoms with E-state index in [-0.39, 0.29) is 11.0 Å². The van der Waals surface area contributed by atoms with Gasteiger partial charge in [0, 0.05) is 24.3 Å². The number of fused-ring (bicyclic) bond motifs is 1. The molecule has 1 aliphatic rings. The molecule has 35 heavy (non-hydrogen) atoms. The maximum atomic E-state index is 12.7. The van der Waals surface area contributed by atoms with Crippen LogP contribution in [0.3, 0.4) is 0 Å². The highest BCUT2D eigenvalue weighted by atomic mass is 32.1. The molecule has 178 valence electrons. The molecule has 0 bridgehead atoms. The Balaban J connectivity index is 1.19. The molecule has 2 N–H and O–H groups in total. The summed E-state index contributed by atoms with van der Waals surface area (Å²) in [7, 11) is 0. The highest BCUT2D eigenvalue weighted by Gasteiger charge is 2.14. The summed E-state index contributed by atoms with van der Waals surface area (Å²) in [6.45, 7) is 3.66. The summed E-state index contributed by atoms with van der Waals surface area (Å²) >= 11 is 6.86. The lowest BCUT2D eigenvalue weighted by atomic mass is 10.2. The van der Waals surface area contributed by atoms with E-state index in [0.717, 1.165) is 47.8 Å². The second kappa shape index (κ2) is 10.8. The Morgan fingerprint density at radius 1 is 1.06 bits per heavy atom. The molecule has 3 aromatic carbocycles. The number of carbonyl (C=O) groups is 1. The van der Waals surface area contributed by atoms with Crippen molar-refractivity contribution in [1.82, 2.24) is 10.3 Å². The van der Waals surface area contributed by atoms with Crippen LogP contribution >= 0.6 is 23.6 Å². The van der Waals surface area contributed by atoms with Crippen molar-refractivity contribution in [2.45, 2.75) is 6.61 Å². The average Bonchev–Trinajstić information content (AvgIpc) is 3.30. The van der Waals surface area contributed by atoms with Gasteiger partial charge in [-0.25, -0.2) is 4.98 Å². The summed E-state index contributed by atoms with van der Waals surface area (Å²) in [4.78, 5) is 19.6. The van der Waals surface area contributed by atoms with Gasteiger partial charge in [-0.1, -0.05) is 47.7 Å². The lowest BCUT2D eigenvalue weighted by molar-refractivity contribution is 0.0977. The third-order valence-electron chi connectivity index (χ3n) is 5.54. The van der Waals surface area contributed by atoms with Crippen LogP contribution < -0.4 is 20.3 Å². The molecule has 0 atom stereocenters. The first kappa shape index (κ1) is 23.2. The molecule has 4 aromatic rings. The van der Waals surface area contributed by atoms with Crippen LogP contribution in [0.25, 0.3) is 10.2 Å². The fourth-order valence-electron chi connectivity index (χ4n) is 3.76. The summed E-state index contributed by atoms with van der Waals surface area (Å²) in [5.41, 5.74) is 3.55. The van der Waals surface area contributed by atoms with E-state index in [1.165, 1.54) is 11.3 Å². The first-order valence-corrected chi connectivity index (χ1v) is 12.5. The van der Waals surface area contributed by atoms with Crippen LogP contribution in [0.15, 0.2) is 72.8 Å². The van der Waals surface area contributed by atoms with Gasteiger partial charge < -0.3 is 19.7 Å². The summed E-state index contributed by atoms with van der Waals surface area (Å²) < 4.78 is 12.3. The fraction of sp³-hybridized carbons (Fsp3) is 0.192. The van der Waals surface area contributed by atoms with E-state index in [4.69, 9.17) is 21.7 Å². The van der Waals surface area contributed by atoms with Gasteiger partial charge in [-0.3, -0.25) is 10.1 Å². The lowest BCUT2D eigenvalue weighted by Gasteiger charge is -2.28. The van der Waals surface area contributed by atoms with Gasteiger partial charge in [0.1, 0.15) is 12.4 Å². The normalized spacial score (nSPS) is 13.4. The zero-order valence-electron chi connectivity index (χ0n) is 18.9. The number of thiazole rings is 1. The molecule has 1 aromatic heterocycles. The third kappa shape index (κ3) is 5.94. The highest BCUT2D eigenvalue weighted by molar-refractivity contribution is 7.80. The van der Waals surface area contributed by atoms with Crippen LogP contribution in [0.5, 0.6) is 5.75 Å². The van der Waals surface area contributed by atoms with Gasteiger partial charge in [-0.2, -0.15) is 0 Å². The second-order valence-electron chi connectivity index (χ2n) is 7.98. The zero-order chi connectivity index (χ0) is 24.0. The van der Waals surface area contributed by atoms with Gasteiger partial charge in [0.15, 0.2) is 10.2 Å². The highest BCUT2D eigenvalue weighted by Crippen LogP contribution is 2.30. The Bertz CT molecular complexity index is 1340. The van der Waals surface area contributed by atoms with Crippen molar-refractivity contribution >= 4 is 55.6 Å². The number of anilines is 2. The molecule has 0 aliphatic carbocycles. The first-order chi connectivity index (χ1) is 17.1. The fourth-order valence-corrected chi connectivity index (χ4v) is 4.91. The number of hydrogen-bond donors (Lipinski definition) is 2. The maximum absolute atomic E-state index is 12.7. The number of ether oxygens (including phenoxy) is 2. The minimum absolute atomic E-state index is 0.193. The van der Waals surface area contributed by atoms with Gasteiger partial charge in [-0.05, 0) is 54.2 Å². The van der Waals surface area contributed by atoms with Crippen LogP contribution in [0.1, 0.15) is 15.9 Å². The Kier molecular flexibility index (Phi) is 7.17. The van der Waals surface area contributed by atoms with E-state index in [1.807, 2.05) is 42.5 Å². The van der Waals surface area contributed by atoms with Crippen molar-refractivity contribution in [3.8, 4) is 5.75 Å². The summed E-state index contributed by atoms with van der Waals surface area (Å²) in [6, 6.07) is 23.1. The van der Waals surface area contributed by atoms with E-state index in [0.29, 0.717) is 23.1 Å². The molecule has 9 heteroatoms. The van der Waals surface area contributed by atoms with Crippen molar-refractivity contribution in [1.29, 1.82) is 0 Å². The Hall–Kier alpha value is -3.53. The number of amides is 1. The third-order valence-corrected chi connectivity index (χ3v) is 6.68. The number of morpholine rings is 1. The van der Waals surface area contributed by atoms with Gasteiger partial charge in [0.2, 0.25) is 0 Å². The van der Waals surface area contributed by atoms with Crippen LogP contribution in [-0.2, 0) is 11.3 Å². The number of thiocarbonyl (C=S) groups is 1. The summed E-state index contributed by atoms with van der Waals surface area (Å²) in [5, 5.41) is 6.58. The van der Waals surface area contributed by atoms with Crippen LogP contribution in [0, 0.1) is 0 Å². The number of nitrogens with zero attached hydrogens (tertiary/aromatic N) is 2. The van der Waals surface area contributed by atoms with Crippen molar-refractivity contribution in [3.63, 3.8) is 0 Å².